The van der Waals surface area contributed by atoms with Gasteiger partial charge in [0.1, 0.15) is 17.5 Å². The second-order valence-corrected chi connectivity index (χ2v) is 11.8. The Kier molecular flexibility index (Phi) is 9.90. The van der Waals surface area contributed by atoms with Crippen molar-refractivity contribution in [2.45, 2.75) is 51.2 Å². The number of H-pyrrole nitrogens is 1. The van der Waals surface area contributed by atoms with E-state index in [1.54, 1.807) is 23.5 Å². The molecule has 0 saturated carbocycles. The Bertz CT molecular complexity index is 1480. The van der Waals surface area contributed by atoms with Crippen LogP contribution in [0.1, 0.15) is 43.2 Å². The van der Waals surface area contributed by atoms with E-state index in [1.807, 2.05) is 20.8 Å². The Morgan fingerprint density at radius 2 is 1.73 bits per heavy atom. The van der Waals surface area contributed by atoms with Crippen molar-refractivity contribution in [2.24, 2.45) is 0 Å². The molecule has 0 aliphatic rings. The summed E-state index contributed by atoms with van der Waals surface area (Å²) in [5.74, 6) is -2.58. The fourth-order valence-corrected chi connectivity index (χ4v) is 5.30. The third-order valence-electron chi connectivity index (χ3n) is 5.85. The average Bonchev–Trinajstić information content (AvgIpc) is 2.87. The standard InChI is InChI=1S/C27H26Br2F3N3O6/c1-26(2,3)17-12-16(11-14(22(17)37)10-15-5-6-21(36)35-34-15)41-23-18(28)7-13(8-19(23)29)9-20(24(38)40-4)33-25(39)27(30,31)32/h5-8,11-12,20,37H,9-10H2,1-4H3,(H,33,39)(H,35,36)/t20-/m0/s1. The van der Waals surface area contributed by atoms with E-state index in [1.165, 1.54) is 18.2 Å². The Balaban J connectivity index is 1.95. The van der Waals surface area contributed by atoms with Crippen LogP contribution in [-0.4, -0.2) is 46.5 Å². The number of hydrogen-bond donors (Lipinski definition) is 3. The van der Waals surface area contributed by atoms with E-state index in [2.05, 4.69) is 46.8 Å². The molecule has 0 radical (unpaired) electrons. The third kappa shape index (κ3) is 8.32. The lowest BCUT2D eigenvalue weighted by molar-refractivity contribution is -0.175. The van der Waals surface area contributed by atoms with Crippen molar-refractivity contribution in [3.05, 3.63) is 78.1 Å². The minimum atomic E-state index is -5.17. The molecule has 2 aromatic carbocycles. The molecule has 220 valence electrons. The van der Waals surface area contributed by atoms with Gasteiger partial charge in [0.15, 0.2) is 5.75 Å². The van der Waals surface area contributed by atoms with Gasteiger partial charge in [-0.3, -0.25) is 9.59 Å². The summed E-state index contributed by atoms with van der Waals surface area (Å²) < 4.78 is 49.8. The van der Waals surface area contributed by atoms with Gasteiger partial charge in [-0.15, -0.1) is 0 Å². The predicted octanol–water partition coefficient (Wildman–Crippen LogP) is 5.44. The zero-order chi connectivity index (χ0) is 30.7. The first kappa shape index (κ1) is 32.1. The first-order valence-corrected chi connectivity index (χ1v) is 13.6. The van der Waals surface area contributed by atoms with E-state index in [4.69, 9.17) is 4.74 Å². The van der Waals surface area contributed by atoms with E-state index in [0.29, 0.717) is 42.8 Å². The first-order chi connectivity index (χ1) is 19.0. The fraction of sp³-hybridized carbons (Fsp3) is 0.333. The highest BCUT2D eigenvalue weighted by Crippen LogP contribution is 2.42. The van der Waals surface area contributed by atoms with Gasteiger partial charge in [-0.25, -0.2) is 9.89 Å². The largest absolute Gasteiger partial charge is 0.507 e. The Morgan fingerprint density at radius 3 is 2.24 bits per heavy atom. The maximum absolute atomic E-state index is 12.8. The summed E-state index contributed by atoms with van der Waals surface area (Å²) in [6, 6.07) is 7.68. The Labute approximate surface area is 249 Å². The van der Waals surface area contributed by atoms with Gasteiger partial charge in [0, 0.05) is 30.0 Å². The summed E-state index contributed by atoms with van der Waals surface area (Å²) in [5, 5.41) is 19.0. The number of phenolic OH excluding ortho intramolecular Hbond substituents is 1. The fourth-order valence-electron chi connectivity index (χ4n) is 3.85. The SMILES string of the molecule is COC(=O)[C@H](Cc1cc(Br)c(Oc2cc(Cc3ccc(=O)[nH]n3)c(O)c(C(C)(C)C)c2)c(Br)c1)NC(=O)C(F)(F)F. The molecule has 0 aliphatic heterocycles. The van der Waals surface area contributed by atoms with Crippen LogP contribution < -0.4 is 15.6 Å². The number of nitrogens with one attached hydrogen (secondary N) is 2. The van der Waals surface area contributed by atoms with E-state index in [-0.39, 0.29) is 24.2 Å². The number of alkyl halides is 3. The number of carbonyl (C=O) groups is 2. The summed E-state index contributed by atoms with van der Waals surface area (Å²) in [6.45, 7) is 5.76. The second-order valence-electron chi connectivity index (χ2n) is 10.1. The Morgan fingerprint density at radius 1 is 1.10 bits per heavy atom. The number of aromatic nitrogens is 2. The third-order valence-corrected chi connectivity index (χ3v) is 7.02. The van der Waals surface area contributed by atoms with E-state index in [9.17, 15) is 32.7 Å². The minimum absolute atomic E-state index is 0.0566. The van der Waals surface area contributed by atoms with Crippen molar-refractivity contribution >= 4 is 43.7 Å². The van der Waals surface area contributed by atoms with Crippen LogP contribution in [-0.2, 0) is 32.6 Å². The van der Waals surface area contributed by atoms with Crippen LogP contribution in [0.25, 0.3) is 0 Å². The topological polar surface area (TPSA) is 131 Å². The summed E-state index contributed by atoms with van der Waals surface area (Å²) >= 11 is 6.80. The molecule has 3 rings (SSSR count). The predicted molar refractivity (Wildman–Crippen MR) is 150 cm³/mol. The summed E-state index contributed by atoms with van der Waals surface area (Å²) in [4.78, 5) is 34.9. The van der Waals surface area contributed by atoms with Crippen LogP contribution in [0, 0.1) is 0 Å². The zero-order valence-corrected chi connectivity index (χ0v) is 25.5. The monoisotopic (exact) mass is 703 g/mol. The van der Waals surface area contributed by atoms with Crippen molar-refractivity contribution in [1.29, 1.82) is 0 Å². The number of amides is 1. The van der Waals surface area contributed by atoms with Gasteiger partial charge >= 0.3 is 18.1 Å². The lowest BCUT2D eigenvalue weighted by Gasteiger charge is -2.24. The molecular weight excluding hydrogens is 679 g/mol. The van der Waals surface area contributed by atoms with E-state index in [0.717, 1.165) is 7.11 Å². The summed E-state index contributed by atoms with van der Waals surface area (Å²) in [6.07, 6.45) is -5.27. The van der Waals surface area contributed by atoms with Crippen LogP contribution in [0.5, 0.6) is 17.2 Å². The summed E-state index contributed by atoms with van der Waals surface area (Å²) in [5.41, 5.74) is 1.17. The van der Waals surface area contributed by atoms with Crippen molar-refractivity contribution in [1.82, 2.24) is 15.5 Å². The molecule has 41 heavy (non-hydrogen) atoms. The molecule has 3 aromatic rings. The number of halogens is 5. The average molecular weight is 705 g/mol. The van der Waals surface area contributed by atoms with E-state index < -0.39 is 29.5 Å². The lowest BCUT2D eigenvalue weighted by Crippen LogP contribution is -2.48. The maximum atomic E-state index is 12.8. The lowest BCUT2D eigenvalue weighted by atomic mass is 9.84. The second kappa shape index (κ2) is 12.6. The van der Waals surface area contributed by atoms with Crippen molar-refractivity contribution in [2.75, 3.05) is 7.11 Å². The molecule has 1 heterocycles. The van der Waals surface area contributed by atoms with Crippen molar-refractivity contribution in [3.63, 3.8) is 0 Å². The summed E-state index contributed by atoms with van der Waals surface area (Å²) in [7, 11) is 1.00. The van der Waals surface area contributed by atoms with E-state index >= 15 is 0 Å². The van der Waals surface area contributed by atoms with Crippen LogP contribution >= 0.6 is 31.9 Å². The number of phenols is 1. The van der Waals surface area contributed by atoms with Crippen LogP contribution in [0.15, 0.2) is 50.1 Å². The van der Waals surface area contributed by atoms with Gasteiger partial charge in [0.25, 0.3) is 5.56 Å². The molecule has 0 saturated heterocycles. The number of methoxy groups -OCH3 is 1. The van der Waals surface area contributed by atoms with Gasteiger partial charge in [-0.2, -0.15) is 18.3 Å². The van der Waals surface area contributed by atoms with Gasteiger partial charge < -0.3 is 19.9 Å². The smallest absolute Gasteiger partial charge is 0.471 e. The molecule has 9 nitrogen and oxygen atoms in total. The highest BCUT2D eigenvalue weighted by atomic mass is 79.9. The highest BCUT2D eigenvalue weighted by molar-refractivity contribution is 9.11. The molecule has 0 aliphatic carbocycles. The molecule has 0 unspecified atom stereocenters. The molecule has 0 fully saturated rings. The molecule has 0 bridgehead atoms. The number of ether oxygens (including phenoxy) is 2. The van der Waals surface area contributed by atoms with Crippen LogP contribution in [0.2, 0.25) is 0 Å². The van der Waals surface area contributed by atoms with Gasteiger partial charge in [0.2, 0.25) is 0 Å². The van der Waals surface area contributed by atoms with Gasteiger partial charge in [-0.1, -0.05) is 20.8 Å². The number of aromatic amines is 1. The normalized spacial score (nSPS) is 12.5. The number of rotatable bonds is 8. The Hall–Kier alpha value is -3.39. The first-order valence-electron chi connectivity index (χ1n) is 12.0. The molecule has 3 N–H and O–H groups in total. The van der Waals surface area contributed by atoms with Crippen molar-refractivity contribution < 1.29 is 37.3 Å². The highest BCUT2D eigenvalue weighted by Gasteiger charge is 2.41. The molecule has 1 atom stereocenters. The molecule has 0 spiro atoms. The molecule has 1 aromatic heterocycles. The number of esters is 1. The minimum Gasteiger partial charge on any atom is -0.507 e. The number of nitrogens with zero attached hydrogens (tertiary/aromatic N) is 1. The quantitative estimate of drug-likeness (QED) is 0.266. The number of carbonyl (C=O) groups excluding carboxylic acids is 2. The maximum Gasteiger partial charge on any atom is 0.471 e. The zero-order valence-electron chi connectivity index (χ0n) is 22.3. The van der Waals surface area contributed by atoms with Crippen LogP contribution in [0.3, 0.4) is 0 Å². The molecule has 14 heteroatoms. The van der Waals surface area contributed by atoms with Gasteiger partial charge in [-0.05, 0) is 73.2 Å². The number of benzene rings is 2. The molecule has 1 amide bonds. The van der Waals surface area contributed by atoms with Gasteiger partial charge in [0.05, 0.1) is 21.7 Å². The van der Waals surface area contributed by atoms with Crippen LogP contribution in [0.4, 0.5) is 13.2 Å². The number of aromatic hydroxyl groups is 1. The van der Waals surface area contributed by atoms with Crippen molar-refractivity contribution in [3.8, 4) is 17.2 Å². The number of hydrogen-bond acceptors (Lipinski definition) is 7. The molecular formula is C27H26Br2F3N3O6.